The second kappa shape index (κ2) is 5.66. The van der Waals surface area contributed by atoms with Crippen molar-refractivity contribution in [1.29, 1.82) is 0 Å². The normalized spacial score (nSPS) is 11.1. The van der Waals surface area contributed by atoms with E-state index in [9.17, 15) is 18.5 Å². The molecular weight excluding hydrogens is 318 g/mol. The minimum Gasteiger partial charge on any atom is -0.258 e. The third kappa shape index (κ3) is 3.47. The molecule has 0 spiro atoms. The lowest BCUT2D eigenvalue weighted by Gasteiger charge is -2.08. The summed E-state index contributed by atoms with van der Waals surface area (Å²) in [5.74, 6) is -0.423. The lowest BCUT2D eigenvalue weighted by atomic mass is 10.2. The number of nitrogens with zero attached hydrogens (tertiary/aromatic N) is 2. The van der Waals surface area contributed by atoms with E-state index < -0.39 is 26.5 Å². The van der Waals surface area contributed by atoms with E-state index in [1.807, 2.05) is 6.92 Å². The number of nitrogens with one attached hydrogen (secondary N) is 1. The Labute approximate surface area is 125 Å². The summed E-state index contributed by atoms with van der Waals surface area (Å²) in [5, 5.41) is 10.8. The number of benzene rings is 1. The summed E-state index contributed by atoms with van der Waals surface area (Å²) >= 11 is 5.65. The lowest BCUT2D eigenvalue weighted by molar-refractivity contribution is -0.384. The van der Waals surface area contributed by atoms with Gasteiger partial charge >= 0.3 is 5.69 Å². The van der Waals surface area contributed by atoms with E-state index >= 15 is 0 Å². The van der Waals surface area contributed by atoms with Crippen LogP contribution in [0, 0.1) is 17.0 Å². The van der Waals surface area contributed by atoms with Gasteiger partial charge in [0.05, 0.1) is 9.82 Å². The van der Waals surface area contributed by atoms with Gasteiger partial charge in [-0.2, -0.15) is 0 Å². The molecule has 9 heteroatoms. The van der Waals surface area contributed by atoms with Crippen LogP contribution >= 0.6 is 11.6 Å². The smallest absolute Gasteiger partial charge is 0.258 e. The maximum Gasteiger partial charge on any atom is 0.312 e. The van der Waals surface area contributed by atoms with E-state index in [0.29, 0.717) is 0 Å². The quantitative estimate of drug-likeness (QED) is 0.528. The molecule has 0 aliphatic rings. The molecule has 0 unspecified atom stereocenters. The average molecular weight is 328 g/mol. The van der Waals surface area contributed by atoms with Crippen LogP contribution in [0.25, 0.3) is 0 Å². The van der Waals surface area contributed by atoms with Crippen molar-refractivity contribution in [2.75, 3.05) is 4.72 Å². The number of nitro groups is 1. The van der Waals surface area contributed by atoms with Crippen molar-refractivity contribution in [1.82, 2.24) is 4.98 Å². The van der Waals surface area contributed by atoms with Crippen molar-refractivity contribution in [2.45, 2.75) is 11.8 Å². The minimum atomic E-state index is -3.98. The van der Waals surface area contributed by atoms with Gasteiger partial charge in [0, 0.05) is 6.07 Å². The van der Waals surface area contributed by atoms with E-state index in [-0.39, 0.29) is 10.0 Å². The van der Waals surface area contributed by atoms with Gasteiger partial charge in [-0.1, -0.05) is 29.3 Å². The molecule has 0 saturated heterocycles. The van der Waals surface area contributed by atoms with Crippen molar-refractivity contribution in [3.63, 3.8) is 0 Å². The summed E-state index contributed by atoms with van der Waals surface area (Å²) in [4.78, 5) is 13.8. The van der Waals surface area contributed by atoms with E-state index in [2.05, 4.69) is 9.71 Å². The molecule has 1 heterocycles. The molecular formula is C12H10ClN3O4S. The molecule has 2 rings (SSSR count). The highest BCUT2D eigenvalue weighted by molar-refractivity contribution is 7.92. The van der Waals surface area contributed by atoms with E-state index in [0.717, 1.165) is 11.6 Å². The Morgan fingerprint density at radius 2 is 1.81 bits per heavy atom. The summed E-state index contributed by atoms with van der Waals surface area (Å²) in [7, 11) is -3.98. The zero-order valence-corrected chi connectivity index (χ0v) is 12.4. The van der Waals surface area contributed by atoms with Crippen LogP contribution in [0.1, 0.15) is 5.56 Å². The van der Waals surface area contributed by atoms with Gasteiger partial charge in [-0.25, -0.2) is 13.4 Å². The predicted molar refractivity (Wildman–Crippen MR) is 77.9 cm³/mol. The number of hydrogen-bond donors (Lipinski definition) is 1. The van der Waals surface area contributed by atoms with Crippen molar-refractivity contribution in [3.05, 3.63) is 57.2 Å². The molecule has 7 nitrogen and oxygen atoms in total. The average Bonchev–Trinajstić information content (AvgIpc) is 2.38. The van der Waals surface area contributed by atoms with Crippen LogP contribution in [0.4, 0.5) is 11.5 Å². The number of anilines is 1. The Hall–Kier alpha value is -2.19. The van der Waals surface area contributed by atoms with Crippen LogP contribution in [0.15, 0.2) is 41.3 Å². The molecule has 0 aliphatic heterocycles. The molecule has 1 N–H and O–H groups in total. The van der Waals surface area contributed by atoms with Gasteiger partial charge < -0.3 is 0 Å². The molecule has 0 saturated carbocycles. The second-order valence-electron chi connectivity index (χ2n) is 4.18. The van der Waals surface area contributed by atoms with Gasteiger partial charge in [0.2, 0.25) is 5.82 Å². The molecule has 0 aliphatic carbocycles. The van der Waals surface area contributed by atoms with E-state index in [4.69, 9.17) is 11.6 Å². The zero-order chi connectivity index (χ0) is 15.6. The molecule has 0 atom stereocenters. The zero-order valence-electron chi connectivity index (χ0n) is 10.8. The maximum atomic E-state index is 12.2. The van der Waals surface area contributed by atoms with Crippen LogP contribution in [-0.4, -0.2) is 18.3 Å². The van der Waals surface area contributed by atoms with E-state index in [1.165, 1.54) is 18.2 Å². The summed E-state index contributed by atoms with van der Waals surface area (Å²) in [6.07, 6.45) is 0. The van der Waals surface area contributed by atoms with Gasteiger partial charge in [0.1, 0.15) is 5.15 Å². The molecule has 1 aromatic heterocycles. The van der Waals surface area contributed by atoms with Crippen LogP contribution in [0.2, 0.25) is 5.15 Å². The summed E-state index contributed by atoms with van der Waals surface area (Å²) in [5.41, 5.74) is 0.413. The molecule has 0 radical (unpaired) electrons. The first-order chi connectivity index (χ1) is 9.79. The van der Waals surface area contributed by atoms with Crippen molar-refractivity contribution < 1.29 is 13.3 Å². The van der Waals surface area contributed by atoms with E-state index in [1.54, 1.807) is 12.1 Å². The van der Waals surface area contributed by atoms with Crippen LogP contribution in [-0.2, 0) is 10.0 Å². The molecule has 110 valence electrons. The second-order valence-corrected chi connectivity index (χ2v) is 6.25. The number of sulfonamides is 1. The maximum absolute atomic E-state index is 12.2. The highest BCUT2D eigenvalue weighted by Gasteiger charge is 2.22. The number of aryl methyl sites for hydroxylation is 1. The number of rotatable bonds is 4. The number of hydrogen-bond acceptors (Lipinski definition) is 5. The first-order valence-electron chi connectivity index (χ1n) is 5.70. The molecule has 2 aromatic rings. The van der Waals surface area contributed by atoms with Crippen LogP contribution in [0.5, 0.6) is 0 Å². The standard InChI is InChI=1S/C12H10ClN3O4S/c1-8-2-4-9(5-3-8)21(19,20)15-12-10(16(17)18)6-7-11(13)14-12/h2-7H,1H3,(H,14,15). The number of halogens is 1. The monoisotopic (exact) mass is 327 g/mol. The minimum absolute atomic E-state index is 0.0239. The third-order valence-corrected chi connectivity index (χ3v) is 4.16. The van der Waals surface area contributed by atoms with Crippen LogP contribution < -0.4 is 4.72 Å². The fraction of sp³-hybridized carbons (Fsp3) is 0.0833. The largest absolute Gasteiger partial charge is 0.312 e. The van der Waals surface area contributed by atoms with Crippen molar-refractivity contribution in [3.8, 4) is 0 Å². The molecule has 0 amide bonds. The number of aromatic nitrogens is 1. The SMILES string of the molecule is Cc1ccc(S(=O)(=O)Nc2nc(Cl)ccc2[N+](=O)[O-])cc1. The Bertz CT molecular complexity index is 791. The van der Waals surface area contributed by atoms with Gasteiger partial charge in [-0.3, -0.25) is 14.8 Å². The first kappa shape index (κ1) is 15.2. The Morgan fingerprint density at radius 1 is 1.19 bits per heavy atom. The highest BCUT2D eigenvalue weighted by atomic mass is 35.5. The first-order valence-corrected chi connectivity index (χ1v) is 7.56. The van der Waals surface area contributed by atoms with Gasteiger partial charge in [0.25, 0.3) is 10.0 Å². The molecule has 0 bridgehead atoms. The van der Waals surface area contributed by atoms with Crippen molar-refractivity contribution in [2.24, 2.45) is 0 Å². The van der Waals surface area contributed by atoms with Gasteiger partial charge in [0.15, 0.2) is 0 Å². The number of pyridine rings is 1. The van der Waals surface area contributed by atoms with Crippen molar-refractivity contribution >= 4 is 33.1 Å². The molecule has 0 fully saturated rings. The molecule has 21 heavy (non-hydrogen) atoms. The third-order valence-electron chi connectivity index (χ3n) is 2.60. The molecule has 1 aromatic carbocycles. The summed E-state index contributed by atoms with van der Waals surface area (Å²) in [6.45, 7) is 1.81. The predicted octanol–water partition coefficient (Wildman–Crippen LogP) is 2.75. The Morgan fingerprint density at radius 3 is 2.38 bits per heavy atom. The Kier molecular flexibility index (Phi) is 4.10. The van der Waals surface area contributed by atoms with Crippen LogP contribution in [0.3, 0.4) is 0 Å². The topological polar surface area (TPSA) is 102 Å². The Balaban J connectivity index is 2.43. The fourth-order valence-corrected chi connectivity index (χ4v) is 2.72. The van der Waals surface area contributed by atoms with Gasteiger partial charge in [-0.05, 0) is 25.1 Å². The highest BCUT2D eigenvalue weighted by Crippen LogP contribution is 2.26. The lowest BCUT2D eigenvalue weighted by Crippen LogP contribution is -2.15. The fourth-order valence-electron chi connectivity index (χ4n) is 1.55. The summed E-state index contributed by atoms with van der Waals surface area (Å²) < 4.78 is 26.4. The van der Waals surface area contributed by atoms with Gasteiger partial charge in [-0.15, -0.1) is 0 Å². The summed E-state index contributed by atoms with van der Waals surface area (Å²) in [6, 6.07) is 8.33.